The predicted molar refractivity (Wildman–Crippen MR) is 232 cm³/mol. The summed E-state index contributed by atoms with van der Waals surface area (Å²) in [6, 6.07) is 68.5. The molecule has 2 heteroatoms. The van der Waals surface area contributed by atoms with Gasteiger partial charge in [-0.15, -0.1) is 0 Å². The van der Waals surface area contributed by atoms with Gasteiger partial charge in [0.2, 0.25) is 0 Å². The van der Waals surface area contributed by atoms with Crippen molar-refractivity contribution in [3.05, 3.63) is 199 Å². The second kappa shape index (κ2) is 12.1. The lowest BCUT2D eigenvalue weighted by Gasteiger charge is -2.28. The normalized spacial score (nSPS) is 13.1. The fraction of sp³-hybridized carbons (Fsp3) is 0.0566. The van der Waals surface area contributed by atoms with Gasteiger partial charge in [-0.3, -0.25) is 0 Å². The third kappa shape index (κ3) is 4.95. The van der Waals surface area contributed by atoms with Crippen molar-refractivity contribution in [3.63, 3.8) is 0 Å². The van der Waals surface area contributed by atoms with E-state index in [2.05, 4.69) is 201 Å². The van der Waals surface area contributed by atoms with Gasteiger partial charge in [0.15, 0.2) is 0 Å². The van der Waals surface area contributed by atoms with Crippen LogP contribution in [0.3, 0.4) is 0 Å². The van der Waals surface area contributed by atoms with E-state index >= 15 is 0 Å². The second-order valence-electron chi connectivity index (χ2n) is 15.3. The number of rotatable bonds is 5. The zero-order valence-electron chi connectivity index (χ0n) is 30.8. The largest absolute Gasteiger partial charge is 0.456 e. The Morgan fingerprint density at radius 2 is 0.945 bits per heavy atom. The van der Waals surface area contributed by atoms with E-state index in [1.165, 1.54) is 71.4 Å². The van der Waals surface area contributed by atoms with E-state index in [1.54, 1.807) is 0 Å². The van der Waals surface area contributed by atoms with Crippen molar-refractivity contribution in [2.24, 2.45) is 0 Å². The van der Waals surface area contributed by atoms with Crippen molar-refractivity contribution in [1.29, 1.82) is 0 Å². The summed E-state index contributed by atoms with van der Waals surface area (Å²) in [6.45, 7) is 4.66. The summed E-state index contributed by atoms with van der Waals surface area (Å²) in [6.07, 6.45) is 0. The highest BCUT2D eigenvalue weighted by Crippen LogP contribution is 2.52. The summed E-state index contributed by atoms with van der Waals surface area (Å²) in [5, 5.41) is 7.29. The molecule has 55 heavy (non-hydrogen) atoms. The molecule has 0 spiro atoms. The molecule has 2 nitrogen and oxygen atoms in total. The molecule has 0 radical (unpaired) electrons. The molecule has 1 aliphatic rings. The Morgan fingerprint density at radius 1 is 0.382 bits per heavy atom. The number of furan rings is 1. The van der Waals surface area contributed by atoms with Crippen LogP contribution in [0.25, 0.3) is 76.9 Å². The lowest BCUT2D eigenvalue weighted by atomic mass is 9.82. The van der Waals surface area contributed by atoms with Crippen molar-refractivity contribution >= 4 is 60.5 Å². The predicted octanol–water partition coefficient (Wildman–Crippen LogP) is 15.0. The van der Waals surface area contributed by atoms with Gasteiger partial charge in [-0.25, -0.2) is 0 Å². The minimum Gasteiger partial charge on any atom is -0.456 e. The first kappa shape index (κ1) is 31.6. The van der Waals surface area contributed by atoms with Crippen LogP contribution in [0.15, 0.2) is 192 Å². The van der Waals surface area contributed by atoms with E-state index in [9.17, 15) is 0 Å². The van der Waals surface area contributed by atoms with Crippen LogP contribution in [0.1, 0.15) is 25.0 Å². The van der Waals surface area contributed by atoms with Gasteiger partial charge in [-0.1, -0.05) is 147 Å². The van der Waals surface area contributed by atoms with Crippen LogP contribution in [-0.4, -0.2) is 0 Å². The monoisotopic (exact) mass is 703 g/mol. The number of anilines is 3. The average molecular weight is 704 g/mol. The molecule has 0 amide bonds. The SMILES string of the molecule is CC1(C)c2ccc(-c3ccc(N(c4ccc(-c5ccccc5)cc4)c4cc5ccccc5c5ccccc45)cc3)cc2-c2cc3c(cc21)oc1ccccc13. The molecule has 11 rings (SSSR count). The van der Waals surface area contributed by atoms with E-state index in [4.69, 9.17) is 4.42 Å². The smallest absolute Gasteiger partial charge is 0.135 e. The summed E-state index contributed by atoms with van der Waals surface area (Å²) in [7, 11) is 0. The molecule has 0 bridgehead atoms. The van der Waals surface area contributed by atoms with Gasteiger partial charge in [0, 0.05) is 32.9 Å². The van der Waals surface area contributed by atoms with Gasteiger partial charge in [-0.05, 0) is 115 Å². The van der Waals surface area contributed by atoms with Gasteiger partial charge in [0.1, 0.15) is 11.2 Å². The lowest BCUT2D eigenvalue weighted by Crippen LogP contribution is -2.14. The van der Waals surface area contributed by atoms with Crippen molar-refractivity contribution in [2.45, 2.75) is 19.3 Å². The molecule has 0 saturated carbocycles. The Labute approximate surface area is 320 Å². The summed E-state index contributed by atoms with van der Waals surface area (Å²) in [5.74, 6) is 0. The Kier molecular flexibility index (Phi) is 6.93. The maximum absolute atomic E-state index is 6.32. The zero-order valence-corrected chi connectivity index (χ0v) is 30.8. The molecule has 1 aromatic heterocycles. The number of para-hydroxylation sites is 1. The molecule has 260 valence electrons. The third-order valence-corrected chi connectivity index (χ3v) is 11.9. The quantitative estimate of drug-likeness (QED) is 0.166. The van der Waals surface area contributed by atoms with Gasteiger partial charge < -0.3 is 9.32 Å². The van der Waals surface area contributed by atoms with Crippen LogP contribution >= 0.6 is 0 Å². The molecule has 0 atom stereocenters. The minimum absolute atomic E-state index is 0.126. The van der Waals surface area contributed by atoms with Crippen molar-refractivity contribution in [2.75, 3.05) is 4.90 Å². The molecular formula is C53H37NO. The van der Waals surface area contributed by atoms with Crippen LogP contribution in [-0.2, 0) is 5.41 Å². The summed E-state index contributed by atoms with van der Waals surface area (Å²) < 4.78 is 6.32. The molecule has 0 aliphatic heterocycles. The highest BCUT2D eigenvalue weighted by molar-refractivity contribution is 6.14. The molecule has 1 heterocycles. The average Bonchev–Trinajstić information content (AvgIpc) is 3.71. The Hall–Kier alpha value is -6.90. The van der Waals surface area contributed by atoms with Crippen molar-refractivity contribution < 1.29 is 4.42 Å². The summed E-state index contributed by atoms with van der Waals surface area (Å²) in [5.41, 5.74) is 15.2. The molecule has 0 saturated heterocycles. The molecule has 1 aliphatic carbocycles. The number of nitrogens with zero attached hydrogens (tertiary/aromatic N) is 1. The Balaban J connectivity index is 1.03. The molecule has 0 N–H and O–H groups in total. The number of hydrogen-bond acceptors (Lipinski definition) is 2. The van der Waals surface area contributed by atoms with E-state index in [1.807, 2.05) is 6.07 Å². The van der Waals surface area contributed by atoms with Gasteiger partial charge in [0.05, 0.1) is 5.69 Å². The van der Waals surface area contributed by atoms with E-state index < -0.39 is 0 Å². The second-order valence-corrected chi connectivity index (χ2v) is 15.3. The first-order chi connectivity index (χ1) is 27.0. The Morgan fingerprint density at radius 3 is 1.69 bits per heavy atom. The van der Waals surface area contributed by atoms with Crippen molar-refractivity contribution in [3.8, 4) is 33.4 Å². The first-order valence-corrected chi connectivity index (χ1v) is 19.1. The van der Waals surface area contributed by atoms with Crippen LogP contribution in [0.5, 0.6) is 0 Å². The third-order valence-electron chi connectivity index (χ3n) is 11.9. The highest BCUT2D eigenvalue weighted by Gasteiger charge is 2.36. The molecule has 10 aromatic rings. The fourth-order valence-corrected chi connectivity index (χ4v) is 9.03. The Bertz CT molecular complexity index is 3100. The van der Waals surface area contributed by atoms with Crippen LogP contribution in [0.2, 0.25) is 0 Å². The van der Waals surface area contributed by atoms with Crippen LogP contribution < -0.4 is 4.90 Å². The molecular weight excluding hydrogens is 667 g/mol. The minimum atomic E-state index is -0.126. The topological polar surface area (TPSA) is 16.4 Å². The number of benzene rings is 9. The maximum atomic E-state index is 6.32. The van der Waals surface area contributed by atoms with Gasteiger partial charge in [-0.2, -0.15) is 0 Å². The molecule has 9 aromatic carbocycles. The van der Waals surface area contributed by atoms with E-state index in [0.29, 0.717) is 0 Å². The van der Waals surface area contributed by atoms with Crippen LogP contribution in [0.4, 0.5) is 17.1 Å². The van der Waals surface area contributed by atoms with E-state index in [0.717, 1.165) is 33.6 Å². The zero-order chi connectivity index (χ0) is 36.7. The van der Waals surface area contributed by atoms with Crippen molar-refractivity contribution in [1.82, 2.24) is 0 Å². The van der Waals surface area contributed by atoms with Crippen LogP contribution in [0, 0.1) is 0 Å². The van der Waals surface area contributed by atoms with E-state index in [-0.39, 0.29) is 5.41 Å². The molecule has 0 unspecified atom stereocenters. The molecule has 0 fully saturated rings. The number of hydrogen-bond donors (Lipinski definition) is 0. The van der Waals surface area contributed by atoms with Gasteiger partial charge in [0.25, 0.3) is 0 Å². The van der Waals surface area contributed by atoms with Gasteiger partial charge >= 0.3 is 0 Å². The summed E-state index contributed by atoms with van der Waals surface area (Å²) >= 11 is 0. The summed E-state index contributed by atoms with van der Waals surface area (Å²) in [4.78, 5) is 2.41. The highest BCUT2D eigenvalue weighted by atomic mass is 16.3. The number of fused-ring (bicyclic) bond motifs is 9. The maximum Gasteiger partial charge on any atom is 0.135 e. The standard InChI is InChI=1S/C53H37NO/c1-53(2)48-29-24-37(30-45(48)46-32-47-44-18-10-11-19-51(44)55-52(47)33-49(46)53)36-22-27-40(28-23-36)54(39-25-20-35(21-26-39)34-12-4-3-5-13-34)50-31-38-14-6-7-15-41(38)42-16-8-9-17-43(42)50/h3-33H,1-2H3. The lowest BCUT2D eigenvalue weighted by molar-refractivity contribution is 0.647. The fourth-order valence-electron chi connectivity index (χ4n) is 9.03. The first-order valence-electron chi connectivity index (χ1n) is 19.1.